The number of aryl methyl sites for hydroxylation is 1. The molecular weight excluding hydrogens is 351 g/mol. The van der Waals surface area contributed by atoms with Gasteiger partial charge in [-0.15, -0.1) is 24.8 Å². The summed E-state index contributed by atoms with van der Waals surface area (Å²) in [4.78, 5) is 19.7. The minimum absolute atomic E-state index is 0. The van der Waals surface area contributed by atoms with Crippen molar-refractivity contribution in [3.05, 3.63) is 53.7 Å². The molecule has 3 rings (SSSR count). The number of aromatic nitrogens is 2. The number of fused-ring (bicyclic) bond motifs is 1. The predicted octanol–water partition coefficient (Wildman–Crippen LogP) is 2.82. The summed E-state index contributed by atoms with van der Waals surface area (Å²) in [6, 6.07) is 9.58. The number of benzene rings is 1. The van der Waals surface area contributed by atoms with Crippen molar-refractivity contribution in [2.24, 2.45) is 5.73 Å². The molecule has 0 bridgehead atoms. The summed E-state index contributed by atoms with van der Waals surface area (Å²) in [7, 11) is 0. The highest BCUT2D eigenvalue weighted by molar-refractivity contribution is 5.93. The summed E-state index contributed by atoms with van der Waals surface area (Å²) >= 11 is 0. The van der Waals surface area contributed by atoms with E-state index in [9.17, 15) is 4.79 Å². The van der Waals surface area contributed by atoms with Crippen molar-refractivity contribution in [2.45, 2.75) is 19.4 Å². The van der Waals surface area contributed by atoms with Gasteiger partial charge in [-0.1, -0.05) is 12.1 Å². The van der Waals surface area contributed by atoms with Gasteiger partial charge >= 0.3 is 0 Å². The maximum atomic E-state index is 11.9. The highest BCUT2D eigenvalue weighted by Gasteiger charge is 2.09. The average Bonchev–Trinajstić information content (AvgIpc) is 3.17. The van der Waals surface area contributed by atoms with E-state index in [4.69, 9.17) is 10.2 Å². The van der Waals surface area contributed by atoms with E-state index in [0.29, 0.717) is 24.4 Å². The van der Waals surface area contributed by atoms with Gasteiger partial charge in [-0.25, -0.2) is 4.98 Å². The largest absolute Gasteiger partial charge is 0.467 e. The summed E-state index contributed by atoms with van der Waals surface area (Å²) in [5.74, 6) is 1.39. The van der Waals surface area contributed by atoms with Gasteiger partial charge in [0.15, 0.2) is 0 Å². The number of hydrogen-bond acceptors (Lipinski definition) is 4. The molecule has 0 saturated heterocycles. The molecule has 0 aliphatic carbocycles. The van der Waals surface area contributed by atoms with Crippen molar-refractivity contribution >= 4 is 41.8 Å². The smallest absolute Gasteiger partial charge is 0.254 e. The number of furan rings is 1. The molecule has 2 heterocycles. The molecule has 0 atom stereocenters. The SMILES string of the molecule is Cl.Cl.NCc1cc(C(=O)NCCCc2nc3ccccc3[nH]2)co1. The third-order valence-corrected chi connectivity index (χ3v) is 3.43. The minimum Gasteiger partial charge on any atom is -0.467 e. The number of hydrogen-bond donors (Lipinski definition) is 3. The zero-order valence-electron chi connectivity index (χ0n) is 13.0. The monoisotopic (exact) mass is 370 g/mol. The maximum Gasteiger partial charge on any atom is 0.254 e. The van der Waals surface area contributed by atoms with Crippen molar-refractivity contribution in [1.82, 2.24) is 15.3 Å². The summed E-state index contributed by atoms with van der Waals surface area (Å²) in [5, 5.41) is 2.86. The Labute approximate surface area is 152 Å². The highest BCUT2D eigenvalue weighted by atomic mass is 35.5. The van der Waals surface area contributed by atoms with Crippen LogP contribution < -0.4 is 11.1 Å². The molecule has 2 aromatic heterocycles. The predicted molar refractivity (Wildman–Crippen MR) is 97.8 cm³/mol. The van der Waals surface area contributed by atoms with E-state index in [2.05, 4.69) is 15.3 Å². The standard InChI is InChI=1S/C16H18N4O2.2ClH/c17-9-12-8-11(10-22-12)16(21)18-7-3-6-15-19-13-4-1-2-5-14(13)20-15;;/h1-2,4-5,8,10H,3,6-7,9,17H2,(H,18,21)(H,19,20);2*1H. The molecule has 0 aliphatic rings. The average molecular weight is 371 g/mol. The van der Waals surface area contributed by atoms with Crippen LogP contribution in [0.25, 0.3) is 11.0 Å². The van der Waals surface area contributed by atoms with E-state index >= 15 is 0 Å². The number of halogens is 2. The van der Waals surface area contributed by atoms with Gasteiger partial charge in [0.05, 0.1) is 23.1 Å². The van der Waals surface area contributed by atoms with Crippen molar-refractivity contribution in [3.63, 3.8) is 0 Å². The molecule has 3 aromatic rings. The van der Waals surface area contributed by atoms with E-state index < -0.39 is 0 Å². The quantitative estimate of drug-likeness (QED) is 0.581. The molecule has 1 amide bonds. The molecule has 0 unspecified atom stereocenters. The second-order valence-electron chi connectivity index (χ2n) is 5.07. The van der Waals surface area contributed by atoms with Crippen molar-refractivity contribution < 1.29 is 9.21 Å². The number of carbonyl (C=O) groups excluding carboxylic acids is 1. The molecule has 24 heavy (non-hydrogen) atoms. The van der Waals surface area contributed by atoms with Gasteiger partial charge < -0.3 is 20.5 Å². The Morgan fingerprint density at radius 1 is 1.29 bits per heavy atom. The fourth-order valence-corrected chi connectivity index (χ4v) is 2.29. The van der Waals surface area contributed by atoms with Crippen LogP contribution in [0.5, 0.6) is 0 Å². The second kappa shape index (κ2) is 9.32. The Morgan fingerprint density at radius 2 is 2.08 bits per heavy atom. The van der Waals surface area contributed by atoms with Crippen molar-refractivity contribution in [3.8, 4) is 0 Å². The fraction of sp³-hybridized carbons (Fsp3) is 0.250. The lowest BCUT2D eigenvalue weighted by Gasteiger charge is -2.02. The van der Waals surface area contributed by atoms with E-state index in [0.717, 1.165) is 29.7 Å². The van der Waals surface area contributed by atoms with Crippen LogP contribution in [-0.4, -0.2) is 22.4 Å². The summed E-state index contributed by atoms with van der Waals surface area (Å²) in [6.07, 6.45) is 3.03. The van der Waals surface area contributed by atoms with Crippen LogP contribution in [0.2, 0.25) is 0 Å². The summed E-state index contributed by atoms with van der Waals surface area (Å²) in [5.41, 5.74) is 7.95. The van der Waals surface area contributed by atoms with Gasteiger partial charge in [0.2, 0.25) is 0 Å². The van der Waals surface area contributed by atoms with Gasteiger partial charge in [0.25, 0.3) is 5.91 Å². The normalized spacial score (nSPS) is 10.0. The number of amides is 1. The topological polar surface area (TPSA) is 96.9 Å². The van der Waals surface area contributed by atoms with E-state index in [1.807, 2.05) is 24.3 Å². The number of nitrogens with two attached hydrogens (primary N) is 1. The molecular formula is C16H20Cl2N4O2. The molecule has 6 nitrogen and oxygen atoms in total. The summed E-state index contributed by atoms with van der Waals surface area (Å²) < 4.78 is 5.14. The van der Waals surface area contributed by atoms with Crippen LogP contribution in [0, 0.1) is 0 Å². The fourth-order valence-electron chi connectivity index (χ4n) is 2.29. The van der Waals surface area contributed by atoms with Gasteiger partial charge in [-0.3, -0.25) is 4.79 Å². The van der Waals surface area contributed by atoms with E-state index in [-0.39, 0.29) is 30.7 Å². The first kappa shape index (κ1) is 20.0. The number of nitrogens with one attached hydrogen (secondary N) is 2. The lowest BCUT2D eigenvalue weighted by Crippen LogP contribution is -2.24. The van der Waals surface area contributed by atoms with Crippen LogP contribution in [0.1, 0.15) is 28.4 Å². The third-order valence-electron chi connectivity index (χ3n) is 3.43. The summed E-state index contributed by atoms with van der Waals surface area (Å²) in [6.45, 7) is 0.873. The van der Waals surface area contributed by atoms with E-state index in [1.165, 1.54) is 6.26 Å². The van der Waals surface area contributed by atoms with Crippen LogP contribution in [0.15, 0.2) is 41.0 Å². The van der Waals surface area contributed by atoms with Gasteiger partial charge in [0.1, 0.15) is 17.8 Å². The second-order valence-corrected chi connectivity index (χ2v) is 5.07. The number of H-pyrrole nitrogens is 1. The van der Waals surface area contributed by atoms with Gasteiger partial charge in [-0.2, -0.15) is 0 Å². The zero-order chi connectivity index (χ0) is 15.4. The minimum atomic E-state index is -0.145. The molecule has 0 saturated carbocycles. The van der Waals surface area contributed by atoms with Crippen LogP contribution in [0.4, 0.5) is 0 Å². The van der Waals surface area contributed by atoms with Crippen LogP contribution in [0.3, 0.4) is 0 Å². The van der Waals surface area contributed by atoms with Crippen molar-refractivity contribution in [2.75, 3.05) is 6.54 Å². The number of aromatic amines is 1. The Balaban J connectivity index is 0.00000144. The lowest BCUT2D eigenvalue weighted by molar-refractivity contribution is 0.0952. The Bertz CT molecular complexity index is 752. The molecule has 0 spiro atoms. The molecule has 4 N–H and O–H groups in total. The highest BCUT2D eigenvalue weighted by Crippen LogP contribution is 2.11. The Morgan fingerprint density at radius 3 is 2.79 bits per heavy atom. The maximum absolute atomic E-state index is 11.9. The third kappa shape index (κ3) is 4.74. The zero-order valence-corrected chi connectivity index (χ0v) is 14.6. The molecule has 0 radical (unpaired) electrons. The first-order valence-corrected chi connectivity index (χ1v) is 7.25. The number of imidazole rings is 1. The lowest BCUT2D eigenvalue weighted by atomic mass is 10.2. The molecule has 0 aliphatic heterocycles. The van der Waals surface area contributed by atoms with E-state index in [1.54, 1.807) is 6.07 Å². The first-order chi connectivity index (χ1) is 10.8. The first-order valence-electron chi connectivity index (χ1n) is 7.25. The van der Waals surface area contributed by atoms with Crippen LogP contribution in [-0.2, 0) is 13.0 Å². The molecule has 130 valence electrons. The Kier molecular flexibility index (Phi) is 7.78. The molecule has 0 fully saturated rings. The molecule has 8 heteroatoms. The van der Waals surface area contributed by atoms with Gasteiger partial charge in [-0.05, 0) is 24.6 Å². The van der Waals surface area contributed by atoms with Gasteiger partial charge in [0, 0.05) is 13.0 Å². The number of nitrogens with zero attached hydrogens (tertiary/aromatic N) is 1. The number of rotatable bonds is 6. The number of carbonyl (C=O) groups is 1. The number of para-hydroxylation sites is 2. The Hall–Kier alpha value is -2.02. The van der Waals surface area contributed by atoms with Crippen molar-refractivity contribution in [1.29, 1.82) is 0 Å². The molecule has 1 aromatic carbocycles. The van der Waals surface area contributed by atoms with Crippen LogP contribution >= 0.6 is 24.8 Å².